The molecule has 176 valence electrons. The molecule has 1 saturated carbocycles. The summed E-state index contributed by atoms with van der Waals surface area (Å²) in [6.07, 6.45) is 6.47. The van der Waals surface area contributed by atoms with Crippen LogP contribution in [0.5, 0.6) is 0 Å². The van der Waals surface area contributed by atoms with Crippen LogP contribution in [-0.2, 0) is 0 Å². The molecule has 0 bridgehead atoms. The Bertz CT molecular complexity index is 1320. The number of aromatic nitrogens is 3. The van der Waals surface area contributed by atoms with Crippen LogP contribution in [0.15, 0.2) is 35.3 Å². The number of nitrogens with one attached hydrogen (secondary N) is 1. The zero-order chi connectivity index (χ0) is 23.8. The van der Waals surface area contributed by atoms with E-state index >= 15 is 0 Å². The number of likely N-dealkylation sites (N-methyl/N-ethyl adjacent to an activating group) is 1. The van der Waals surface area contributed by atoms with E-state index in [0.717, 1.165) is 45.2 Å². The molecule has 1 saturated heterocycles. The van der Waals surface area contributed by atoms with Gasteiger partial charge < -0.3 is 15.1 Å². The van der Waals surface area contributed by atoms with E-state index in [-0.39, 0.29) is 28.9 Å². The number of pyridine rings is 1. The second kappa shape index (κ2) is 9.03. The van der Waals surface area contributed by atoms with Gasteiger partial charge in [-0.2, -0.15) is 10.2 Å². The van der Waals surface area contributed by atoms with Crippen molar-refractivity contribution in [2.75, 3.05) is 37.4 Å². The van der Waals surface area contributed by atoms with Crippen molar-refractivity contribution in [1.82, 2.24) is 19.4 Å². The highest BCUT2D eigenvalue weighted by Gasteiger charge is 2.26. The molecule has 3 heterocycles. The molecule has 5 rings (SSSR count). The van der Waals surface area contributed by atoms with Crippen LogP contribution in [0.2, 0.25) is 0 Å². The zero-order valence-corrected chi connectivity index (χ0v) is 19.5. The number of hydrogen-bond donors (Lipinski definition) is 1. The Balaban J connectivity index is 1.44. The topological polar surface area (TPSA) is 90.1 Å². The van der Waals surface area contributed by atoms with Crippen LogP contribution in [-0.4, -0.2) is 52.7 Å². The first-order valence-corrected chi connectivity index (χ1v) is 11.7. The monoisotopic (exact) mass is 461 g/mol. The van der Waals surface area contributed by atoms with Gasteiger partial charge in [0, 0.05) is 42.4 Å². The summed E-state index contributed by atoms with van der Waals surface area (Å²) in [5.41, 5.74) is 1.40. The molecule has 1 aliphatic carbocycles. The first-order chi connectivity index (χ1) is 16.4. The van der Waals surface area contributed by atoms with E-state index in [4.69, 9.17) is 0 Å². The van der Waals surface area contributed by atoms with Crippen LogP contribution in [0.25, 0.3) is 11.0 Å². The normalized spacial score (nSPS) is 18.7. The summed E-state index contributed by atoms with van der Waals surface area (Å²) in [5.74, 6) is -0.0175. The van der Waals surface area contributed by atoms with Crippen LogP contribution in [0.3, 0.4) is 0 Å². The van der Waals surface area contributed by atoms with Crippen molar-refractivity contribution in [3.63, 3.8) is 0 Å². The van der Waals surface area contributed by atoms with Crippen LogP contribution in [0.4, 0.5) is 21.7 Å². The molecule has 0 radical (unpaired) electrons. The largest absolute Gasteiger partial charge is 0.368 e. The molecule has 3 aromatic rings. The van der Waals surface area contributed by atoms with Gasteiger partial charge in [-0.15, -0.1) is 0 Å². The van der Waals surface area contributed by atoms with Gasteiger partial charge in [-0.05, 0) is 57.6 Å². The van der Waals surface area contributed by atoms with Gasteiger partial charge in [-0.25, -0.2) is 9.37 Å². The Hall–Kier alpha value is -3.51. The number of nitrogens with zero attached hydrogens (tertiary/aromatic N) is 6. The van der Waals surface area contributed by atoms with Crippen molar-refractivity contribution in [2.24, 2.45) is 0 Å². The Labute approximate surface area is 197 Å². The van der Waals surface area contributed by atoms with E-state index in [1.165, 1.54) is 6.07 Å². The summed E-state index contributed by atoms with van der Waals surface area (Å²) in [6.45, 7) is 1.62. The standard InChI is InChI=1S/C25H28FN7O/c1-31(2)20-9-10-32(15-20)22-8-7-18(12-21(22)26)29-25-28-14-17-11-16(13-27)24(34)33(23(17)30-25)19-5-3-4-6-19/h7-8,11-12,14,19-20H,3-6,9-10,15H2,1-2H3,(H,28,29,30). The fourth-order valence-electron chi connectivity index (χ4n) is 5.11. The highest BCUT2D eigenvalue weighted by molar-refractivity contribution is 5.77. The predicted molar refractivity (Wildman–Crippen MR) is 130 cm³/mol. The summed E-state index contributed by atoms with van der Waals surface area (Å²) in [7, 11) is 4.10. The highest BCUT2D eigenvalue weighted by atomic mass is 19.1. The lowest BCUT2D eigenvalue weighted by Gasteiger charge is -2.22. The number of nitriles is 1. The van der Waals surface area contributed by atoms with Crippen LogP contribution in [0.1, 0.15) is 43.7 Å². The van der Waals surface area contributed by atoms with E-state index in [1.807, 2.05) is 12.1 Å². The van der Waals surface area contributed by atoms with Crippen molar-refractivity contribution in [1.29, 1.82) is 5.26 Å². The Morgan fingerprint density at radius 2 is 2.00 bits per heavy atom. The molecule has 9 heteroatoms. The van der Waals surface area contributed by atoms with Gasteiger partial charge in [-0.3, -0.25) is 9.36 Å². The van der Waals surface area contributed by atoms with Crippen LogP contribution in [0, 0.1) is 17.1 Å². The molecule has 2 fully saturated rings. The second-order valence-corrected chi connectivity index (χ2v) is 9.40. The fraction of sp³-hybridized carbons (Fsp3) is 0.440. The molecular weight excluding hydrogens is 433 g/mol. The maximum atomic E-state index is 15.0. The Morgan fingerprint density at radius 3 is 2.68 bits per heavy atom. The molecule has 8 nitrogen and oxygen atoms in total. The average Bonchev–Trinajstić information content (AvgIpc) is 3.51. The summed E-state index contributed by atoms with van der Waals surface area (Å²) < 4.78 is 16.6. The number of halogens is 1. The first kappa shape index (κ1) is 22.3. The van der Waals surface area contributed by atoms with Gasteiger partial charge in [-0.1, -0.05) is 12.8 Å². The van der Waals surface area contributed by atoms with Gasteiger partial charge in [0.25, 0.3) is 5.56 Å². The molecule has 2 aliphatic rings. The van der Waals surface area contributed by atoms with Gasteiger partial charge in [0.15, 0.2) is 0 Å². The van der Waals surface area contributed by atoms with Gasteiger partial charge in [0.1, 0.15) is 23.1 Å². The minimum Gasteiger partial charge on any atom is -0.368 e. The number of fused-ring (bicyclic) bond motifs is 1. The lowest BCUT2D eigenvalue weighted by atomic mass is 10.2. The molecule has 1 atom stereocenters. The second-order valence-electron chi connectivity index (χ2n) is 9.40. The SMILES string of the molecule is CN(C)C1CCN(c2ccc(Nc3ncc4cc(C#N)c(=O)n(C5CCCC5)c4n3)cc2F)C1. The molecule has 1 unspecified atom stereocenters. The highest BCUT2D eigenvalue weighted by Crippen LogP contribution is 2.31. The third-order valence-corrected chi connectivity index (χ3v) is 7.02. The molecule has 34 heavy (non-hydrogen) atoms. The third kappa shape index (κ3) is 4.10. The van der Waals surface area contributed by atoms with E-state index in [9.17, 15) is 14.4 Å². The molecule has 1 aliphatic heterocycles. The fourth-order valence-corrected chi connectivity index (χ4v) is 5.11. The number of benzene rings is 1. The van der Waals surface area contributed by atoms with Gasteiger partial charge >= 0.3 is 0 Å². The van der Waals surface area contributed by atoms with Gasteiger partial charge in [0.05, 0.1) is 5.69 Å². The number of rotatable bonds is 5. The number of anilines is 3. The minimum absolute atomic E-state index is 0.0224. The average molecular weight is 462 g/mol. The summed E-state index contributed by atoms with van der Waals surface area (Å²) in [4.78, 5) is 26.1. The quantitative estimate of drug-likeness (QED) is 0.618. The molecule has 2 aromatic heterocycles. The van der Waals surface area contributed by atoms with E-state index in [1.54, 1.807) is 22.9 Å². The minimum atomic E-state index is -0.316. The van der Waals surface area contributed by atoms with Crippen LogP contribution >= 0.6 is 0 Å². The summed E-state index contributed by atoms with van der Waals surface area (Å²) >= 11 is 0. The smallest absolute Gasteiger partial charge is 0.270 e. The van der Waals surface area contributed by atoms with E-state index in [2.05, 4.69) is 39.2 Å². The third-order valence-electron chi connectivity index (χ3n) is 7.02. The molecule has 1 N–H and O–H groups in total. The lowest BCUT2D eigenvalue weighted by molar-refractivity contribution is 0.315. The van der Waals surface area contributed by atoms with Gasteiger partial charge in [0.2, 0.25) is 5.95 Å². The zero-order valence-electron chi connectivity index (χ0n) is 19.5. The van der Waals surface area contributed by atoms with E-state index in [0.29, 0.717) is 28.5 Å². The van der Waals surface area contributed by atoms with Crippen molar-refractivity contribution in [3.05, 3.63) is 52.2 Å². The van der Waals surface area contributed by atoms with E-state index < -0.39 is 0 Å². The number of hydrogen-bond acceptors (Lipinski definition) is 7. The first-order valence-electron chi connectivity index (χ1n) is 11.7. The lowest BCUT2D eigenvalue weighted by Crippen LogP contribution is -2.31. The molecule has 0 amide bonds. The molecule has 0 spiro atoms. The predicted octanol–water partition coefficient (Wildman–Crippen LogP) is 3.80. The van der Waals surface area contributed by atoms with Crippen molar-refractivity contribution in [2.45, 2.75) is 44.2 Å². The summed E-state index contributed by atoms with van der Waals surface area (Å²) in [6, 6.07) is 9.03. The van der Waals surface area contributed by atoms with Crippen LogP contribution < -0.4 is 15.8 Å². The Kier molecular flexibility index (Phi) is 5.92. The maximum Gasteiger partial charge on any atom is 0.270 e. The Morgan fingerprint density at radius 1 is 1.21 bits per heavy atom. The molecule has 1 aromatic carbocycles. The molecular formula is C25H28FN7O. The van der Waals surface area contributed by atoms with Crippen molar-refractivity contribution < 1.29 is 4.39 Å². The van der Waals surface area contributed by atoms with Crippen molar-refractivity contribution >= 4 is 28.4 Å². The van der Waals surface area contributed by atoms with Crippen molar-refractivity contribution in [3.8, 4) is 6.07 Å². The maximum absolute atomic E-state index is 15.0. The summed E-state index contributed by atoms with van der Waals surface area (Å²) in [5, 5.41) is 13.1.